The van der Waals surface area contributed by atoms with E-state index >= 15 is 0 Å². The topological polar surface area (TPSA) is 74.7 Å². The quantitative estimate of drug-likeness (QED) is 0.627. The Balaban J connectivity index is 2.93. The highest BCUT2D eigenvalue weighted by Gasteiger charge is 2.10. The van der Waals surface area contributed by atoms with Crippen molar-refractivity contribution in [2.75, 3.05) is 5.43 Å². The van der Waals surface area contributed by atoms with Crippen molar-refractivity contribution in [2.45, 2.75) is 0 Å². The largest absolute Gasteiger partial charge is 0.322 e. The van der Waals surface area contributed by atoms with E-state index in [0.717, 1.165) is 4.47 Å². The number of nitrogen functional groups attached to an aromatic ring is 1. The second kappa shape index (κ2) is 4.26. The molecule has 2 aromatic rings. The number of aromatic nitrogens is 1. The molecule has 0 aliphatic heterocycles. The van der Waals surface area contributed by atoms with Gasteiger partial charge >= 0.3 is 0 Å². The first kappa shape index (κ1) is 11.1. The van der Waals surface area contributed by atoms with Gasteiger partial charge in [0.1, 0.15) is 6.07 Å². The molecule has 0 saturated carbocycles. The second-order valence-corrected chi connectivity index (χ2v) is 4.41. The first-order valence-corrected chi connectivity index (χ1v) is 5.49. The summed E-state index contributed by atoms with van der Waals surface area (Å²) in [6.07, 6.45) is 1.44. The average Bonchev–Trinajstić information content (AvgIpc) is 2.27. The summed E-state index contributed by atoms with van der Waals surface area (Å²) >= 11 is 9.37. The van der Waals surface area contributed by atoms with Crippen LogP contribution in [-0.4, -0.2) is 4.98 Å². The average molecular weight is 298 g/mol. The van der Waals surface area contributed by atoms with Gasteiger partial charge in [-0.15, -0.1) is 0 Å². The van der Waals surface area contributed by atoms with Gasteiger partial charge in [-0.05, 0) is 12.1 Å². The van der Waals surface area contributed by atoms with Gasteiger partial charge in [-0.1, -0.05) is 27.5 Å². The summed E-state index contributed by atoms with van der Waals surface area (Å²) in [4.78, 5) is 4.13. The molecule has 1 heterocycles. The minimum absolute atomic E-state index is 0.379. The molecular weight excluding hydrogens is 291 g/mol. The van der Waals surface area contributed by atoms with Crippen molar-refractivity contribution in [3.05, 3.63) is 33.4 Å². The molecule has 0 fully saturated rings. The molecule has 6 heteroatoms. The van der Waals surface area contributed by atoms with Crippen molar-refractivity contribution in [3.63, 3.8) is 0 Å². The lowest BCUT2D eigenvalue weighted by molar-refractivity contribution is 1.31. The van der Waals surface area contributed by atoms with Gasteiger partial charge in [0.15, 0.2) is 0 Å². The van der Waals surface area contributed by atoms with Crippen molar-refractivity contribution < 1.29 is 0 Å². The molecule has 16 heavy (non-hydrogen) atoms. The van der Waals surface area contributed by atoms with Crippen molar-refractivity contribution in [2.24, 2.45) is 5.84 Å². The standard InChI is InChI=1S/C10H6BrClN4/c11-6-1-7-9(16-14)5(3-13)4-15-10(7)8(12)2-6/h1-2,4H,14H2,(H,15,16). The molecule has 2 rings (SSSR count). The van der Waals surface area contributed by atoms with Crippen molar-refractivity contribution in [1.82, 2.24) is 4.98 Å². The van der Waals surface area contributed by atoms with Crippen LogP contribution in [0, 0.1) is 11.3 Å². The minimum atomic E-state index is 0.379. The van der Waals surface area contributed by atoms with Gasteiger partial charge in [0.2, 0.25) is 0 Å². The summed E-state index contributed by atoms with van der Waals surface area (Å²) in [5.41, 5.74) is 4.01. The van der Waals surface area contributed by atoms with Crippen LogP contribution in [0.5, 0.6) is 0 Å². The smallest absolute Gasteiger partial charge is 0.103 e. The lowest BCUT2D eigenvalue weighted by atomic mass is 10.1. The molecule has 0 amide bonds. The molecule has 1 aromatic carbocycles. The van der Waals surface area contributed by atoms with Crippen LogP contribution in [0.25, 0.3) is 10.9 Å². The lowest BCUT2D eigenvalue weighted by Gasteiger charge is -2.08. The van der Waals surface area contributed by atoms with E-state index < -0.39 is 0 Å². The van der Waals surface area contributed by atoms with E-state index in [-0.39, 0.29) is 0 Å². The number of nitrogens with one attached hydrogen (secondary N) is 1. The van der Waals surface area contributed by atoms with Gasteiger partial charge in [-0.3, -0.25) is 10.8 Å². The number of halogens is 2. The zero-order valence-electron chi connectivity index (χ0n) is 7.96. The van der Waals surface area contributed by atoms with E-state index in [1.54, 1.807) is 6.07 Å². The molecule has 3 N–H and O–H groups in total. The number of fused-ring (bicyclic) bond motifs is 1. The Morgan fingerprint density at radius 2 is 2.25 bits per heavy atom. The number of nitrogens with zero attached hydrogens (tertiary/aromatic N) is 2. The van der Waals surface area contributed by atoms with Gasteiger partial charge in [-0.25, -0.2) is 0 Å². The maximum atomic E-state index is 8.92. The number of hydrogen-bond acceptors (Lipinski definition) is 4. The zero-order chi connectivity index (χ0) is 11.7. The summed E-state index contributed by atoms with van der Waals surface area (Å²) in [7, 11) is 0. The first-order valence-electron chi connectivity index (χ1n) is 4.32. The molecule has 0 aliphatic carbocycles. The second-order valence-electron chi connectivity index (χ2n) is 3.09. The van der Waals surface area contributed by atoms with Crippen LogP contribution in [0.15, 0.2) is 22.8 Å². The number of rotatable bonds is 1. The van der Waals surface area contributed by atoms with Crippen LogP contribution in [0.3, 0.4) is 0 Å². The van der Waals surface area contributed by atoms with E-state index in [0.29, 0.717) is 27.2 Å². The van der Waals surface area contributed by atoms with Crippen LogP contribution in [-0.2, 0) is 0 Å². The molecule has 0 radical (unpaired) electrons. The molecule has 0 atom stereocenters. The third-order valence-electron chi connectivity index (χ3n) is 2.15. The van der Waals surface area contributed by atoms with Crippen molar-refractivity contribution >= 4 is 44.1 Å². The Morgan fingerprint density at radius 1 is 1.50 bits per heavy atom. The minimum Gasteiger partial charge on any atom is -0.322 e. The van der Waals surface area contributed by atoms with Crippen molar-refractivity contribution in [1.29, 1.82) is 5.26 Å². The van der Waals surface area contributed by atoms with E-state index in [9.17, 15) is 0 Å². The number of nitrogens with two attached hydrogens (primary N) is 1. The number of hydrogen-bond donors (Lipinski definition) is 2. The molecule has 1 aromatic heterocycles. The van der Waals surface area contributed by atoms with E-state index in [1.165, 1.54) is 6.20 Å². The highest BCUT2D eigenvalue weighted by molar-refractivity contribution is 9.10. The van der Waals surface area contributed by atoms with Crippen LogP contribution in [0.4, 0.5) is 5.69 Å². The third-order valence-corrected chi connectivity index (χ3v) is 2.90. The third kappa shape index (κ3) is 1.71. The molecule has 0 unspecified atom stereocenters. The normalized spacial score (nSPS) is 10.1. The predicted octanol–water partition coefficient (Wildman–Crippen LogP) is 2.81. The summed E-state index contributed by atoms with van der Waals surface area (Å²) in [6.45, 7) is 0. The summed E-state index contributed by atoms with van der Waals surface area (Å²) in [5.74, 6) is 5.41. The fourth-order valence-corrected chi connectivity index (χ4v) is 2.32. The van der Waals surface area contributed by atoms with Crippen LogP contribution < -0.4 is 11.3 Å². The first-order chi connectivity index (χ1) is 7.67. The molecule has 4 nitrogen and oxygen atoms in total. The van der Waals surface area contributed by atoms with E-state index in [2.05, 4.69) is 26.3 Å². The Hall–Kier alpha value is -1.35. The van der Waals surface area contributed by atoms with Gasteiger partial charge in [-0.2, -0.15) is 5.26 Å². The lowest BCUT2D eigenvalue weighted by Crippen LogP contribution is -2.09. The SMILES string of the molecule is N#Cc1cnc2c(Cl)cc(Br)cc2c1NN. The maximum Gasteiger partial charge on any atom is 0.103 e. The molecule has 0 saturated heterocycles. The molecule has 0 aliphatic rings. The fourth-order valence-electron chi connectivity index (χ4n) is 1.47. The Kier molecular flexibility index (Phi) is 2.97. The highest BCUT2D eigenvalue weighted by Crippen LogP contribution is 2.32. The maximum absolute atomic E-state index is 8.92. The Bertz CT molecular complexity index is 606. The molecular formula is C10H6BrClN4. The molecule has 0 bridgehead atoms. The van der Waals surface area contributed by atoms with Gasteiger partial charge in [0, 0.05) is 16.1 Å². The Morgan fingerprint density at radius 3 is 2.88 bits per heavy atom. The summed E-state index contributed by atoms with van der Waals surface area (Å²) in [6, 6.07) is 5.56. The number of nitriles is 1. The van der Waals surface area contributed by atoms with Crippen molar-refractivity contribution in [3.8, 4) is 6.07 Å². The van der Waals surface area contributed by atoms with E-state index in [4.69, 9.17) is 22.7 Å². The number of benzene rings is 1. The molecule has 80 valence electrons. The number of pyridine rings is 1. The molecule has 0 spiro atoms. The van der Waals surface area contributed by atoms with Crippen LogP contribution in [0.1, 0.15) is 5.56 Å². The van der Waals surface area contributed by atoms with Crippen LogP contribution >= 0.6 is 27.5 Å². The number of anilines is 1. The Labute approximate surface area is 105 Å². The predicted molar refractivity (Wildman–Crippen MR) is 67.0 cm³/mol. The van der Waals surface area contributed by atoms with Gasteiger partial charge in [0.25, 0.3) is 0 Å². The van der Waals surface area contributed by atoms with Crippen LogP contribution in [0.2, 0.25) is 5.02 Å². The van der Waals surface area contributed by atoms with Gasteiger partial charge < -0.3 is 5.43 Å². The summed E-state index contributed by atoms with van der Waals surface area (Å²) < 4.78 is 0.804. The van der Waals surface area contributed by atoms with E-state index in [1.807, 2.05) is 12.1 Å². The summed E-state index contributed by atoms with van der Waals surface area (Å²) in [5, 5.41) is 10.1. The monoisotopic (exact) mass is 296 g/mol. The van der Waals surface area contributed by atoms with Gasteiger partial charge in [0.05, 0.1) is 21.8 Å². The highest BCUT2D eigenvalue weighted by atomic mass is 79.9. The fraction of sp³-hybridized carbons (Fsp3) is 0. The zero-order valence-corrected chi connectivity index (χ0v) is 10.3. The number of hydrazine groups is 1.